The number of hydrogen-bond acceptors (Lipinski definition) is 2. The molecule has 0 aromatic heterocycles. The van der Waals surface area contributed by atoms with E-state index >= 15 is 0 Å². The molecule has 2 aliphatic rings. The highest BCUT2D eigenvalue weighted by Gasteiger charge is 2.52. The lowest BCUT2D eigenvalue weighted by atomic mass is 9.88. The van der Waals surface area contributed by atoms with E-state index in [2.05, 4.69) is 5.32 Å². The third-order valence-electron chi connectivity index (χ3n) is 3.95. The number of hydrogen-bond donors (Lipinski definition) is 1. The van der Waals surface area contributed by atoms with E-state index in [0.29, 0.717) is 12.5 Å². The quantitative estimate of drug-likeness (QED) is 0.805. The molecule has 2 amide bonds. The van der Waals surface area contributed by atoms with Crippen LogP contribution in [0.5, 0.6) is 0 Å². The summed E-state index contributed by atoms with van der Waals surface area (Å²) in [5.74, 6) is 0.276. The summed E-state index contributed by atoms with van der Waals surface area (Å²) in [7, 11) is 0. The van der Waals surface area contributed by atoms with Gasteiger partial charge in [0.15, 0.2) is 0 Å². The normalized spacial score (nSPS) is 34.2. The van der Waals surface area contributed by atoms with Crippen LogP contribution in [-0.2, 0) is 9.59 Å². The first-order valence-electron chi connectivity index (χ1n) is 6.55. The number of carbonyl (C=O) groups excluding carboxylic acids is 2. The van der Waals surface area contributed by atoms with Gasteiger partial charge in [0.25, 0.3) is 0 Å². The summed E-state index contributed by atoms with van der Waals surface area (Å²) in [4.78, 5) is 26.6. The van der Waals surface area contributed by atoms with Gasteiger partial charge in [0.05, 0.1) is 0 Å². The molecule has 17 heavy (non-hydrogen) atoms. The molecule has 2 fully saturated rings. The second-order valence-corrected chi connectivity index (χ2v) is 5.81. The van der Waals surface area contributed by atoms with Crippen molar-refractivity contribution in [2.45, 2.75) is 64.6 Å². The van der Waals surface area contributed by atoms with E-state index < -0.39 is 5.54 Å². The fourth-order valence-corrected chi connectivity index (χ4v) is 2.55. The SMILES string of the molecule is CCC1(C)NC(=O)C(C(C)C)N(C2CC2)C1=O. The van der Waals surface area contributed by atoms with E-state index in [0.717, 1.165) is 12.8 Å². The lowest BCUT2D eigenvalue weighted by molar-refractivity contribution is -0.157. The smallest absolute Gasteiger partial charge is 0.248 e. The maximum atomic E-state index is 12.5. The van der Waals surface area contributed by atoms with Gasteiger partial charge < -0.3 is 10.2 Å². The molecule has 1 saturated heterocycles. The average molecular weight is 238 g/mol. The van der Waals surface area contributed by atoms with E-state index in [1.165, 1.54) is 0 Å². The van der Waals surface area contributed by atoms with Gasteiger partial charge in [-0.05, 0) is 32.1 Å². The largest absolute Gasteiger partial charge is 0.340 e. The van der Waals surface area contributed by atoms with Crippen LogP contribution in [0.25, 0.3) is 0 Å². The summed E-state index contributed by atoms with van der Waals surface area (Å²) >= 11 is 0. The van der Waals surface area contributed by atoms with Crippen LogP contribution < -0.4 is 5.32 Å². The van der Waals surface area contributed by atoms with E-state index in [-0.39, 0.29) is 23.8 Å². The first-order chi connectivity index (χ1) is 7.90. The maximum absolute atomic E-state index is 12.5. The molecule has 0 radical (unpaired) electrons. The van der Waals surface area contributed by atoms with Gasteiger partial charge in [-0.2, -0.15) is 0 Å². The van der Waals surface area contributed by atoms with Crippen LogP contribution in [0.3, 0.4) is 0 Å². The highest BCUT2D eigenvalue weighted by atomic mass is 16.2. The number of nitrogens with one attached hydrogen (secondary N) is 1. The van der Waals surface area contributed by atoms with Gasteiger partial charge in [-0.1, -0.05) is 20.8 Å². The van der Waals surface area contributed by atoms with E-state index in [1.807, 2.05) is 32.6 Å². The molecule has 0 aromatic rings. The Kier molecular flexibility index (Phi) is 2.92. The molecule has 1 N–H and O–H groups in total. The highest BCUT2D eigenvalue weighted by Crippen LogP contribution is 2.35. The minimum absolute atomic E-state index is 0.0100. The molecule has 1 aliphatic heterocycles. The van der Waals surface area contributed by atoms with Crippen molar-refractivity contribution in [3.05, 3.63) is 0 Å². The monoisotopic (exact) mass is 238 g/mol. The van der Waals surface area contributed by atoms with Crippen molar-refractivity contribution in [2.24, 2.45) is 5.92 Å². The van der Waals surface area contributed by atoms with Crippen molar-refractivity contribution < 1.29 is 9.59 Å². The summed E-state index contributed by atoms with van der Waals surface area (Å²) in [6, 6.07) is 0.0152. The van der Waals surface area contributed by atoms with Crippen molar-refractivity contribution in [3.63, 3.8) is 0 Å². The molecule has 4 heteroatoms. The zero-order valence-electron chi connectivity index (χ0n) is 11.1. The Hall–Kier alpha value is -1.06. The Morgan fingerprint density at radius 2 is 2.00 bits per heavy atom. The number of nitrogens with zero attached hydrogens (tertiary/aromatic N) is 1. The second kappa shape index (κ2) is 4.00. The van der Waals surface area contributed by atoms with Crippen LogP contribution in [0.15, 0.2) is 0 Å². The fourth-order valence-electron chi connectivity index (χ4n) is 2.55. The molecule has 2 rings (SSSR count). The summed E-state index contributed by atoms with van der Waals surface area (Å²) in [5.41, 5.74) is -0.703. The van der Waals surface area contributed by atoms with Crippen molar-refractivity contribution in [2.75, 3.05) is 0 Å². The fraction of sp³-hybridized carbons (Fsp3) is 0.846. The molecule has 2 atom stereocenters. The zero-order valence-corrected chi connectivity index (χ0v) is 11.1. The van der Waals surface area contributed by atoms with Crippen LogP contribution in [-0.4, -0.2) is 34.3 Å². The lowest BCUT2D eigenvalue weighted by Crippen LogP contribution is -2.70. The second-order valence-electron chi connectivity index (χ2n) is 5.81. The van der Waals surface area contributed by atoms with Gasteiger partial charge >= 0.3 is 0 Å². The molecular weight excluding hydrogens is 216 g/mol. The molecule has 1 aliphatic carbocycles. The molecule has 96 valence electrons. The van der Waals surface area contributed by atoms with Gasteiger partial charge in [0, 0.05) is 6.04 Å². The summed E-state index contributed by atoms with van der Waals surface area (Å²) < 4.78 is 0. The topological polar surface area (TPSA) is 49.4 Å². The Morgan fingerprint density at radius 1 is 1.41 bits per heavy atom. The number of amides is 2. The van der Waals surface area contributed by atoms with Crippen LogP contribution in [0.4, 0.5) is 0 Å². The van der Waals surface area contributed by atoms with Crippen LogP contribution in [0.1, 0.15) is 47.0 Å². The molecule has 0 spiro atoms. The average Bonchev–Trinajstić information content (AvgIpc) is 3.06. The van der Waals surface area contributed by atoms with E-state index in [4.69, 9.17) is 0 Å². The van der Waals surface area contributed by atoms with Crippen LogP contribution in [0.2, 0.25) is 0 Å². The van der Waals surface area contributed by atoms with Gasteiger partial charge in [-0.15, -0.1) is 0 Å². The van der Waals surface area contributed by atoms with Gasteiger partial charge in [-0.3, -0.25) is 9.59 Å². The number of piperazine rings is 1. The number of rotatable bonds is 3. The minimum atomic E-state index is -0.703. The van der Waals surface area contributed by atoms with E-state index in [1.54, 1.807) is 0 Å². The Morgan fingerprint density at radius 3 is 2.41 bits per heavy atom. The molecule has 1 heterocycles. The van der Waals surface area contributed by atoms with Crippen molar-refractivity contribution in [1.29, 1.82) is 0 Å². The van der Waals surface area contributed by atoms with Crippen molar-refractivity contribution >= 4 is 11.8 Å². The van der Waals surface area contributed by atoms with Crippen LogP contribution in [0, 0.1) is 5.92 Å². The maximum Gasteiger partial charge on any atom is 0.248 e. The summed E-state index contributed by atoms with van der Waals surface area (Å²) in [6.07, 6.45) is 2.73. The highest BCUT2D eigenvalue weighted by molar-refractivity contribution is 6.00. The molecule has 4 nitrogen and oxygen atoms in total. The Bertz CT molecular complexity index is 349. The Balaban J connectivity index is 2.32. The molecule has 0 aromatic carbocycles. The first-order valence-corrected chi connectivity index (χ1v) is 6.55. The third-order valence-corrected chi connectivity index (χ3v) is 3.95. The van der Waals surface area contributed by atoms with Gasteiger partial charge in [0.1, 0.15) is 11.6 Å². The lowest BCUT2D eigenvalue weighted by Gasteiger charge is -2.45. The van der Waals surface area contributed by atoms with Gasteiger partial charge in [0.2, 0.25) is 11.8 Å². The van der Waals surface area contributed by atoms with Crippen LogP contribution >= 0.6 is 0 Å². The Labute approximate surface area is 103 Å². The number of carbonyl (C=O) groups is 2. The molecule has 2 unspecified atom stereocenters. The van der Waals surface area contributed by atoms with Gasteiger partial charge in [-0.25, -0.2) is 0 Å². The minimum Gasteiger partial charge on any atom is -0.340 e. The third kappa shape index (κ3) is 1.94. The summed E-state index contributed by atoms with van der Waals surface area (Å²) in [5, 5.41) is 2.91. The predicted molar refractivity (Wildman–Crippen MR) is 65.3 cm³/mol. The van der Waals surface area contributed by atoms with Crippen molar-refractivity contribution in [3.8, 4) is 0 Å². The zero-order chi connectivity index (χ0) is 12.8. The standard InChI is InChI=1S/C13H22N2O2/c1-5-13(4)12(17)15(9-6-7-9)10(8(2)3)11(16)14-13/h8-10H,5-7H2,1-4H3,(H,14,16). The predicted octanol–water partition coefficient (Wildman–Crippen LogP) is 1.30. The molecule has 0 bridgehead atoms. The van der Waals surface area contributed by atoms with E-state index in [9.17, 15) is 9.59 Å². The first kappa shape index (κ1) is 12.4. The molecular formula is C13H22N2O2. The van der Waals surface area contributed by atoms with Crippen molar-refractivity contribution in [1.82, 2.24) is 10.2 Å². The molecule has 1 saturated carbocycles. The summed E-state index contributed by atoms with van der Waals surface area (Å²) in [6.45, 7) is 7.78.